The van der Waals surface area contributed by atoms with Crippen LogP contribution in [0.15, 0.2) is 45.0 Å². The molecule has 1 spiro atoms. The number of benzene rings is 2. The summed E-state index contributed by atoms with van der Waals surface area (Å²) in [4.78, 5) is 23.8. The SMILES string of the molecule is O=C(O)CCC(=O)N1CCC(NS(=O)(=O)c2cc3c(cc2Cl)C2(CCCCC2)c2ccc(F)cc2S3(=O)=O)CC1. The van der Waals surface area contributed by atoms with E-state index in [2.05, 4.69) is 4.72 Å². The van der Waals surface area contributed by atoms with Crippen molar-refractivity contribution in [1.82, 2.24) is 9.62 Å². The first-order chi connectivity index (χ1) is 18.8. The van der Waals surface area contributed by atoms with E-state index in [-0.39, 0.29) is 51.5 Å². The van der Waals surface area contributed by atoms with Crippen LogP contribution in [-0.4, -0.2) is 57.8 Å². The van der Waals surface area contributed by atoms with Crippen LogP contribution in [0.1, 0.15) is 68.9 Å². The Hall–Kier alpha value is -2.54. The van der Waals surface area contributed by atoms with Crippen LogP contribution in [0.25, 0.3) is 0 Å². The highest BCUT2D eigenvalue weighted by Crippen LogP contribution is 2.54. The second kappa shape index (κ2) is 10.7. The normalized spacial score (nSPS) is 20.1. The highest BCUT2D eigenvalue weighted by Gasteiger charge is 2.48. The van der Waals surface area contributed by atoms with Crippen molar-refractivity contribution in [3.05, 3.63) is 52.3 Å². The molecular weight excluding hydrogens is 583 g/mol. The number of aliphatic carboxylic acids is 1. The van der Waals surface area contributed by atoms with Gasteiger partial charge in [-0.2, -0.15) is 0 Å². The van der Waals surface area contributed by atoms with Gasteiger partial charge in [0.1, 0.15) is 10.7 Å². The second-order valence-electron chi connectivity index (χ2n) is 10.7. The maximum atomic E-state index is 14.3. The standard InChI is InChI=1S/C27H30ClFN2O7S2/c28-21-15-20-23(39(35,36)22-14-17(29)4-5-19(22)27(20)10-2-1-3-11-27)16-24(21)40(37,38)30-18-8-12-31(13-9-18)25(32)6-7-26(33)34/h4-5,14-16,18,30H,1-3,6-13H2,(H,33,34). The molecule has 1 saturated heterocycles. The number of likely N-dealkylation sites (tertiary alicyclic amines) is 1. The molecule has 2 fully saturated rings. The van der Waals surface area contributed by atoms with Crippen molar-refractivity contribution in [2.24, 2.45) is 0 Å². The first-order valence-electron chi connectivity index (χ1n) is 13.3. The van der Waals surface area contributed by atoms with Gasteiger partial charge in [0.25, 0.3) is 0 Å². The number of sulfone groups is 1. The molecule has 1 amide bonds. The number of halogens is 2. The lowest BCUT2D eigenvalue weighted by Gasteiger charge is -2.43. The van der Waals surface area contributed by atoms with Crippen LogP contribution in [0.3, 0.4) is 0 Å². The number of carbonyl (C=O) groups excluding carboxylic acids is 1. The second-order valence-corrected chi connectivity index (χ2v) is 14.7. The lowest BCUT2D eigenvalue weighted by molar-refractivity contribution is -0.141. The molecule has 0 radical (unpaired) electrons. The fourth-order valence-corrected chi connectivity index (χ4v) is 10.1. The van der Waals surface area contributed by atoms with Crippen LogP contribution in [0.4, 0.5) is 4.39 Å². The number of rotatable bonds is 6. The van der Waals surface area contributed by atoms with Gasteiger partial charge in [-0.3, -0.25) is 9.59 Å². The highest BCUT2D eigenvalue weighted by atomic mass is 35.5. The van der Waals surface area contributed by atoms with E-state index in [1.165, 1.54) is 23.1 Å². The van der Waals surface area contributed by atoms with Gasteiger partial charge >= 0.3 is 5.97 Å². The molecule has 0 unspecified atom stereocenters. The maximum Gasteiger partial charge on any atom is 0.303 e. The topological polar surface area (TPSA) is 138 Å². The first kappa shape index (κ1) is 29.0. The molecule has 2 aromatic rings. The molecule has 3 aliphatic rings. The molecule has 2 aromatic carbocycles. The third kappa shape index (κ3) is 5.15. The third-order valence-corrected chi connectivity index (χ3v) is 12.1. The van der Waals surface area contributed by atoms with E-state index in [0.29, 0.717) is 36.8 Å². The minimum absolute atomic E-state index is 0.0988. The quantitative estimate of drug-likeness (QED) is 0.503. The summed E-state index contributed by atoms with van der Waals surface area (Å²) >= 11 is 6.56. The fourth-order valence-electron chi connectivity index (χ4n) is 6.31. The molecule has 1 aliphatic carbocycles. The van der Waals surface area contributed by atoms with Crippen LogP contribution in [-0.2, 0) is 34.9 Å². The molecule has 13 heteroatoms. The fraction of sp³-hybridized carbons (Fsp3) is 0.481. The van der Waals surface area contributed by atoms with Crippen molar-refractivity contribution in [2.75, 3.05) is 13.1 Å². The van der Waals surface area contributed by atoms with E-state index >= 15 is 0 Å². The summed E-state index contributed by atoms with van der Waals surface area (Å²) in [5, 5.41) is 8.69. The Morgan fingerprint density at radius 3 is 2.33 bits per heavy atom. The van der Waals surface area contributed by atoms with E-state index < -0.39 is 43.1 Å². The molecule has 5 rings (SSSR count). The summed E-state index contributed by atoms with van der Waals surface area (Å²) in [6.45, 7) is 0.506. The van der Waals surface area contributed by atoms with Gasteiger partial charge in [-0.1, -0.05) is 36.9 Å². The van der Waals surface area contributed by atoms with E-state index in [4.69, 9.17) is 16.7 Å². The number of carboxylic acid groups (broad SMARTS) is 1. The molecule has 216 valence electrons. The zero-order valence-corrected chi connectivity index (χ0v) is 24.0. The summed E-state index contributed by atoms with van der Waals surface area (Å²) in [7, 11) is -8.50. The Morgan fingerprint density at radius 2 is 1.68 bits per heavy atom. The first-order valence-corrected chi connectivity index (χ1v) is 16.6. The minimum Gasteiger partial charge on any atom is -0.481 e. The Kier molecular flexibility index (Phi) is 7.75. The Morgan fingerprint density at radius 1 is 1.02 bits per heavy atom. The number of fused-ring (bicyclic) bond motifs is 4. The largest absolute Gasteiger partial charge is 0.481 e. The monoisotopic (exact) mass is 612 g/mol. The summed E-state index contributed by atoms with van der Waals surface area (Å²) in [6, 6.07) is 5.81. The molecule has 0 atom stereocenters. The van der Waals surface area contributed by atoms with Crippen molar-refractivity contribution in [3.8, 4) is 0 Å². The van der Waals surface area contributed by atoms with Crippen LogP contribution >= 0.6 is 11.6 Å². The molecule has 9 nitrogen and oxygen atoms in total. The molecule has 40 heavy (non-hydrogen) atoms. The van der Waals surface area contributed by atoms with Crippen molar-refractivity contribution >= 4 is 43.3 Å². The predicted octanol–water partition coefficient (Wildman–Crippen LogP) is 4.01. The number of piperidine rings is 1. The van der Waals surface area contributed by atoms with E-state index in [1.807, 2.05) is 0 Å². The van der Waals surface area contributed by atoms with Crippen LogP contribution in [0.2, 0.25) is 5.02 Å². The zero-order chi connectivity index (χ0) is 28.9. The summed E-state index contributed by atoms with van der Waals surface area (Å²) in [5.74, 6) is -2.06. The van der Waals surface area contributed by atoms with Crippen LogP contribution < -0.4 is 4.72 Å². The van der Waals surface area contributed by atoms with Crippen molar-refractivity contribution in [1.29, 1.82) is 0 Å². The number of carbonyl (C=O) groups is 2. The van der Waals surface area contributed by atoms with E-state index in [0.717, 1.165) is 31.4 Å². The lowest BCUT2D eigenvalue weighted by Crippen LogP contribution is -2.46. The van der Waals surface area contributed by atoms with Gasteiger partial charge in [-0.05, 0) is 61.1 Å². The van der Waals surface area contributed by atoms with Gasteiger partial charge in [-0.25, -0.2) is 25.9 Å². The minimum atomic E-state index is -4.26. The molecule has 0 aromatic heterocycles. The molecule has 2 aliphatic heterocycles. The van der Waals surface area contributed by atoms with Gasteiger partial charge < -0.3 is 10.0 Å². The van der Waals surface area contributed by atoms with Crippen molar-refractivity contribution in [2.45, 2.75) is 83.9 Å². The Labute approximate surface area is 237 Å². The number of carboxylic acids is 1. The molecule has 2 heterocycles. The Bertz CT molecular complexity index is 1580. The van der Waals surface area contributed by atoms with Crippen LogP contribution in [0.5, 0.6) is 0 Å². The van der Waals surface area contributed by atoms with Gasteiger partial charge in [0.15, 0.2) is 0 Å². The number of nitrogens with one attached hydrogen (secondary N) is 1. The number of sulfonamides is 1. The maximum absolute atomic E-state index is 14.3. The summed E-state index contributed by atoms with van der Waals surface area (Å²) in [5.41, 5.74) is 0.264. The van der Waals surface area contributed by atoms with Crippen molar-refractivity contribution in [3.63, 3.8) is 0 Å². The summed E-state index contributed by atoms with van der Waals surface area (Å²) in [6.07, 6.45) is 4.14. The molecule has 1 saturated carbocycles. The predicted molar refractivity (Wildman–Crippen MR) is 144 cm³/mol. The highest BCUT2D eigenvalue weighted by molar-refractivity contribution is 7.92. The third-order valence-electron chi connectivity index (χ3n) is 8.31. The van der Waals surface area contributed by atoms with Gasteiger partial charge in [0, 0.05) is 31.0 Å². The number of nitrogens with zero attached hydrogens (tertiary/aromatic N) is 1. The number of hydrogen-bond acceptors (Lipinski definition) is 6. The number of hydrogen-bond donors (Lipinski definition) is 2. The average molecular weight is 613 g/mol. The van der Waals surface area contributed by atoms with Crippen molar-refractivity contribution < 1.29 is 35.9 Å². The van der Waals surface area contributed by atoms with Gasteiger partial charge in [-0.15, -0.1) is 0 Å². The summed E-state index contributed by atoms with van der Waals surface area (Å²) < 4.78 is 71.3. The smallest absolute Gasteiger partial charge is 0.303 e. The zero-order valence-electron chi connectivity index (χ0n) is 21.7. The average Bonchev–Trinajstić information content (AvgIpc) is 2.91. The van der Waals surface area contributed by atoms with Crippen LogP contribution in [0, 0.1) is 5.82 Å². The van der Waals surface area contributed by atoms with E-state index in [9.17, 15) is 30.8 Å². The Balaban J connectivity index is 1.45. The molecule has 0 bridgehead atoms. The van der Waals surface area contributed by atoms with Gasteiger partial charge in [0.05, 0.1) is 21.2 Å². The number of amides is 1. The lowest BCUT2D eigenvalue weighted by atomic mass is 9.65. The van der Waals surface area contributed by atoms with Gasteiger partial charge in [0.2, 0.25) is 25.8 Å². The molecular formula is C27H30ClFN2O7S2. The van der Waals surface area contributed by atoms with E-state index in [1.54, 1.807) is 0 Å². The molecule has 2 N–H and O–H groups in total.